The van der Waals surface area contributed by atoms with E-state index in [1.807, 2.05) is 6.92 Å². The van der Waals surface area contributed by atoms with Crippen molar-refractivity contribution >= 4 is 0 Å². The Kier molecular flexibility index (Phi) is 3.68. The van der Waals surface area contributed by atoms with Crippen molar-refractivity contribution in [1.82, 2.24) is 9.97 Å². The molecule has 0 bridgehead atoms. The predicted molar refractivity (Wildman–Crippen MR) is 31.7 cm³/mol. The number of hydrogen-bond donors (Lipinski definition) is 0. The second-order valence-corrected chi connectivity index (χ2v) is 1.78. The number of imidazole rings is 1. The molecule has 0 atom stereocenters. The summed E-state index contributed by atoms with van der Waals surface area (Å²) in [5.74, 6) is 0.947. The topological polar surface area (TPSA) is 27.0 Å². The molecule has 0 radical (unpaired) electrons. The summed E-state index contributed by atoms with van der Waals surface area (Å²) in [7, 11) is 0. The monoisotopic (exact) mass is 116 g/mol. The van der Waals surface area contributed by atoms with E-state index in [2.05, 4.69) is 16.9 Å². The third-order valence-electron chi connectivity index (χ3n) is 1.02. The molecule has 44 valence electrons. The van der Waals surface area contributed by atoms with Crippen molar-refractivity contribution in [2.75, 3.05) is 0 Å². The summed E-state index contributed by atoms with van der Waals surface area (Å²) in [5, 5.41) is 0. The Labute approximate surface area is 67.3 Å². The van der Waals surface area contributed by atoms with Crippen LogP contribution in [0, 0.1) is 6.92 Å². The van der Waals surface area contributed by atoms with Crippen molar-refractivity contribution in [3.8, 4) is 0 Å². The molecule has 3 heteroatoms. The summed E-state index contributed by atoms with van der Waals surface area (Å²) in [6, 6.07) is 0. The van der Waals surface area contributed by atoms with Gasteiger partial charge in [0.15, 0.2) is 0 Å². The second kappa shape index (κ2) is 3.76. The SMILES string of the molecule is CCc1nc(C)c[n-]1.[Li+]. The molecule has 0 saturated heterocycles. The number of nitrogens with zero attached hydrogens (tertiary/aromatic N) is 2. The fraction of sp³-hybridized carbons (Fsp3) is 0.500. The molecule has 0 aromatic carbocycles. The van der Waals surface area contributed by atoms with Crippen LogP contribution in [0.25, 0.3) is 0 Å². The first-order valence-electron chi connectivity index (χ1n) is 2.78. The summed E-state index contributed by atoms with van der Waals surface area (Å²) in [4.78, 5) is 8.14. The Balaban J connectivity index is 0.000000640. The van der Waals surface area contributed by atoms with Crippen LogP contribution >= 0.6 is 0 Å². The Morgan fingerprint density at radius 2 is 2.33 bits per heavy atom. The molecule has 0 aliphatic heterocycles. The quantitative estimate of drug-likeness (QED) is 0.393. The van der Waals surface area contributed by atoms with Crippen LogP contribution in [0.3, 0.4) is 0 Å². The molecule has 1 aromatic rings. The number of aryl methyl sites for hydroxylation is 2. The Hall–Kier alpha value is -0.193. The number of hydrogen-bond acceptors (Lipinski definition) is 1. The van der Waals surface area contributed by atoms with Crippen molar-refractivity contribution in [3.63, 3.8) is 0 Å². The van der Waals surface area contributed by atoms with Crippen LogP contribution in [-0.2, 0) is 6.42 Å². The van der Waals surface area contributed by atoms with E-state index in [4.69, 9.17) is 0 Å². The fourth-order valence-electron chi connectivity index (χ4n) is 0.600. The summed E-state index contributed by atoms with van der Waals surface area (Å²) in [6.07, 6.45) is 2.73. The number of aromatic nitrogens is 2. The van der Waals surface area contributed by atoms with Gasteiger partial charge in [0.05, 0.1) is 0 Å². The van der Waals surface area contributed by atoms with E-state index in [1.165, 1.54) is 0 Å². The van der Waals surface area contributed by atoms with Gasteiger partial charge in [-0.1, -0.05) is 24.6 Å². The molecule has 9 heavy (non-hydrogen) atoms. The van der Waals surface area contributed by atoms with Crippen LogP contribution in [0.1, 0.15) is 18.4 Å². The minimum absolute atomic E-state index is 0. The molecule has 0 saturated carbocycles. The van der Waals surface area contributed by atoms with E-state index in [0.29, 0.717) is 0 Å². The van der Waals surface area contributed by atoms with Gasteiger partial charge in [-0.25, -0.2) is 0 Å². The van der Waals surface area contributed by atoms with E-state index >= 15 is 0 Å². The molecule has 0 aliphatic carbocycles. The van der Waals surface area contributed by atoms with Gasteiger partial charge in [0.1, 0.15) is 0 Å². The molecule has 0 N–H and O–H groups in total. The van der Waals surface area contributed by atoms with Crippen LogP contribution < -0.4 is 23.8 Å². The minimum Gasteiger partial charge on any atom is -0.446 e. The summed E-state index contributed by atoms with van der Waals surface area (Å²) >= 11 is 0. The van der Waals surface area contributed by atoms with Crippen LogP contribution in [0.15, 0.2) is 6.20 Å². The Morgan fingerprint density at radius 1 is 1.67 bits per heavy atom. The van der Waals surface area contributed by atoms with Crippen molar-refractivity contribution in [1.29, 1.82) is 0 Å². The average Bonchev–Trinajstić information content (AvgIpc) is 2.14. The van der Waals surface area contributed by atoms with Crippen LogP contribution in [0.4, 0.5) is 0 Å². The molecule has 0 spiro atoms. The molecular formula is C6H9LiN2. The van der Waals surface area contributed by atoms with Crippen LogP contribution in [-0.4, -0.2) is 4.98 Å². The van der Waals surface area contributed by atoms with E-state index in [1.54, 1.807) is 6.20 Å². The second-order valence-electron chi connectivity index (χ2n) is 1.78. The largest absolute Gasteiger partial charge is 1.00 e. The first-order valence-corrected chi connectivity index (χ1v) is 2.78. The zero-order valence-corrected chi connectivity index (χ0v) is 6.18. The third-order valence-corrected chi connectivity index (χ3v) is 1.02. The third kappa shape index (κ3) is 2.25. The van der Waals surface area contributed by atoms with Gasteiger partial charge in [-0.15, -0.1) is 0 Å². The molecule has 0 aliphatic rings. The van der Waals surface area contributed by atoms with Gasteiger partial charge in [-0.05, 0) is 13.3 Å². The smallest absolute Gasteiger partial charge is 0.446 e. The van der Waals surface area contributed by atoms with E-state index in [-0.39, 0.29) is 18.9 Å². The van der Waals surface area contributed by atoms with Gasteiger partial charge in [-0.3, -0.25) is 0 Å². The molecule has 2 nitrogen and oxygen atoms in total. The van der Waals surface area contributed by atoms with Gasteiger partial charge in [-0.2, -0.15) is 0 Å². The molecule has 1 aromatic heterocycles. The molecule has 1 heterocycles. The fourth-order valence-corrected chi connectivity index (χ4v) is 0.600. The van der Waals surface area contributed by atoms with Crippen LogP contribution in [0.2, 0.25) is 0 Å². The van der Waals surface area contributed by atoms with Crippen molar-refractivity contribution in [2.24, 2.45) is 0 Å². The van der Waals surface area contributed by atoms with Gasteiger partial charge in [0.25, 0.3) is 0 Å². The summed E-state index contributed by atoms with van der Waals surface area (Å²) in [6.45, 7) is 4.00. The standard InChI is InChI=1S/C6H9N2.Li/c1-3-6-7-4-5(2)8-6;/h4H,3H2,1-2H3;/q-1;+1. The Morgan fingerprint density at radius 3 is 2.56 bits per heavy atom. The maximum absolute atomic E-state index is 4.12. The van der Waals surface area contributed by atoms with Gasteiger partial charge in [0, 0.05) is 0 Å². The first kappa shape index (κ1) is 8.81. The predicted octanol–water partition coefficient (Wildman–Crippen LogP) is -2.09. The van der Waals surface area contributed by atoms with Gasteiger partial charge >= 0.3 is 18.9 Å². The molecule has 0 unspecified atom stereocenters. The molecule has 1 rings (SSSR count). The minimum atomic E-state index is 0. The molecule has 0 fully saturated rings. The molecule has 0 amide bonds. The Bertz CT molecular complexity index is 171. The molecular weight excluding hydrogens is 107 g/mol. The zero-order valence-electron chi connectivity index (χ0n) is 6.18. The first-order chi connectivity index (χ1) is 3.83. The van der Waals surface area contributed by atoms with Crippen molar-refractivity contribution in [2.45, 2.75) is 20.3 Å². The van der Waals surface area contributed by atoms with Gasteiger partial charge < -0.3 is 9.97 Å². The van der Waals surface area contributed by atoms with Crippen LogP contribution in [0.5, 0.6) is 0 Å². The average molecular weight is 116 g/mol. The zero-order chi connectivity index (χ0) is 5.98. The van der Waals surface area contributed by atoms with E-state index < -0.39 is 0 Å². The maximum Gasteiger partial charge on any atom is 1.00 e. The number of rotatable bonds is 1. The van der Waals surface area contributed by atoms with Gasteiger partial charge in [0.2, 0.25) is 0 Å². The summed E-state index contributed by atoms with van der Waals surface area (Å²) in [5.41, 5.74) is 1.02. The maximum atomic E-state index is 4.12. The summed E-state index contributed by atoms with van der Waals surface area (Å²) < 4.78 is 0. The normalized spacial score (nSPS) is 8.67. The van der Waals surface area contributed by atoms with E-state index in [9.17, 15) is 0 Å². The van der Waals surface area contributed by atoms with Crippen molar-refractivity contribution < 1.29 is 18.9 Å². The van der Waals surface area contributed by atoms with Crippen molar-refractivity contribution in [3.05, 3.63) is 17.7 Å². The van der Waals surface area contributed by atoms with E-state index in [0.717, 1.165) is 17.9 Å².